The zero-order chi connectivity index (χ0) is 17.6. The number of carbonyl (C=O) groups is 1. The van der Waals surface area contributed by atoms with Gasteiger partial charge < -0.3 is 5.32 Å². The Bertz CT molecular complexity index is 937. The summed E-state index contributed by atoms with van der Waals surface area (Å²) in [6.07, 6.45) is 1.85. The summed E-state index contributed by atoms with van der Waals surface area (Å²) in [6.45, 7) is 0. The molecular weight excluding hydrogens is 352 g/mol. The van der Waals surface area contributed by atoms with Gasteiger partial charge in [-0.3, -0.25) is 4.79 Å². The van der Waals surface area contributed by atoms with Gasteiger partial charge in [-0.2, -0.15) is 5.26 Å². The van der Waals surface area contributed by atoms with E-state index in [2.05, 4.69) is 11.4 Å². The molecule has 3 nitrogen and oxygen atoms in total. The molecule has 25 heavy (non-hydrogen) atoms. The van der Waals surface area contributed by atoms with Gasteiger partial charge in [-0.05, 0) is 59.5 Å². The molecule has 122 valence electrons. The molecular formula is C20H13ClN2OS. The molecule has 0 saturated heterocycles. The van der Waals surface area contributed by atoms with Crippen LogP contribution in [0.15, 0.2) is 66.0 Å². The number of nitrogens with zero attached hydrogens (tertiary/aromatic N) is 1. The van der Waals surface area contributed by atoms with Crippen molar-refractivity contribution in [3.63, 3.8) is 0 Å². The number of allylic oxidation sites excluding steroid dienone is 1. The van der Waals surface area contributed by atoms with Gasteiger partial charge in [-0.25, -0.2) is 0 Å². The largest absolute Gasteiger partial charge is 0.322 e. The van der Waals surface area contributed by atoms with Crippen molar-refractivity contribution in [2.45, 2.75) is 0 Å². The van der Waals surface area contributed by atoms with E-state index < -0.39 is 0 Å². The highest BCUT2D eigenvalue weighted by Crippen LogP contribution is 2.22. The molecule has 1 heterocycles. The second-order valence-corrected chi connectivity index (χ2v) is 6.64. The first-order valence-electron chi connectivity index (χ1n) is 7.48. The van der Waals surface area contributed by atoms with Crippen LogP contribution in [0, 0.1) is 11.3 Å². The van der Waals surface area contributed by atoms with Crippen LogP contribution >= 0.6 is 22.9 Å². The van der Waals surface area contributed by atoms with Crippen LogP contribution in [0.25, 0.3) is 11.6 Å². The predicted octanol–water partition coefficient (Wildman–Crippen LogP) is 5.72. The van der Waals surface area contributed by atoms with E-state index in [4.69, 9.17) is 11.6 Å². The number of rotatable bonds is 4. The van der Waals surface area contributed by atoms with Crippen LogP contribution in [0.5, 0.6) is 0 Å². The second-order valence-electron chi connectivity index (χ2n) is 5.22. The molecule has 0 fully saturated rings. The van der Waals surface area contributed by atoms with Crippen molar-refractivity contribution in [3.05, 3.63) is 87.1 Å². The number of amides is 1. The lowest BCUT2D eigenvalue weighted by molar-refractivity contribution is 0.102. The van der Waals surface area contributed by atoms with Crippen LogP contribution in [-0.2, 0) is 0 Å². The van der Waals surface area contributed by atoms with Gasteiger partial charge in [0.1, 0.15) is 0 Å². The molecule has 0 aliphatic carbocycles. The third-order valence-corrected chi connectivity index (χ3v) is 4.58. The maximum absolute atomic E-state index is 12.2. The first-order chi connectivity index (χ1) is 12.2. The molecule has 0 aliphatic heterocycles. The number of carbonyl (C=O) groups excluding carboxylic acids is 1. The Hall–Kier alpha value is -2.87. The van der Waals surface area contributed by atoms with E-state index in [0.717, 1.165) is 10.4 Å². The third kappa shape index (κ3) is 4.36. The molecule has 0 radical (unpaired) electrons. The summed E-state index contributed by atoms with van der Waals surface area (Å²) >= 11 is 7.40. The number of nitrogens with one attached hydrogen (secondary N) is 1. The maximum Gasteiger partial charge on any atom is 0.255 e. The average Bonchev–Trinajstić information content (AvgIpc) is 3.14. The molecule has 0 aliphatic rings. The first kappa shape index (κ1) is 17.0. The Balaban J connectivity index is 1.75. The smallest absolute Gasteiger partial charge is 0.255 e. The quantitative estimate of drug-likeness (QED) is 0.602. The third-order valence-electron chi connectivity index (χ3n) is 3.51. The van der Waals surface area contributed by atoms with Gasteiger partial charge in [-0.1, -0.05) is 29.8 Å². The standard InChI is InChI=1S/C20H13ClN2OS/c21-17-7-3-15(4-8-17)20(24)23-18-9-5-14(6-10-18)16(13-22)12-19-2-1-11-25-19/h1-12H,(H,23,24)/b16-12+. The molecule has 2 aromatic carbocycles. The monoisotopic (exact) mass is 364 g/mol. The number of nitriles is 1. The van der Waals surface area contributed by atoms with Crippen molar-refractivity contribution in [2.24, 2.45) is 0 Å². The predicted molar refractivity (Wildman–Crippen MR) is 104 cm³/mol. The fourth-order valence-corrected chi connectivity index (χ4v) is 3.02. The minimum Gasteiger partial charge on any atom is -0.322 e. The average molecular weight is 365 g/mol. The fourth-order valence-electron chi connectivity index (χ4n) is 2.23. The summed E-state index contributed by atoms with van der Waals surface area (Å²) in [4.78, 5) is 13.2. The lowest BCUT2D eigenvalue weighted by atomic mass is 10.1. The first-order valence-corrected chi connectivity index (χ1v) is 8.74. The van der Waals surface area contributed by atoms with Crippen molar-refractivity contribution in [2.75, 3.05) is 5.32 Å². The molecule has 0 atom stereocenters. The number of thiophene rings is 1. The number of hydrogen-bond donors (Lipinski definition) is 1. The number of halogens is 1. The van der Waals surface area contributed by atoms with Crippen molar-refractivity contribution < 1.29 is 4.79 Å². The highest BCUT2D eigenvalue weighted by Gasteiger charge is 2.07. The Morgan fingerprint density at radius 3 is 2.32 bits per heavy atom. The Morgan fingerprint density at radius 2 is 1.72 bits per heavy atom. The lowest BCUT2D eigenvalue weighted by Gasteiger charge is -2.06. The van der Waals surface area contributed by atoms with E-state index >= 15 is 0 Å². The van der Waals surface area contributed by atoms with Crippen molar-refractivity contribution in [3.8, 4) is 6.07 Å². The van der Waals surface area contributed by atoms with Gasteiger partial charge in [0.15, 0.2) is 0 Å². The molecule has 3 rings (SSSR count). The topological polar surface area (TPSA) is 52.9 Å². The summed E-state index contributed by atoms with van der Waals surface area (Å²) < 4.78 is 0. The minimum absolute atomic E-state index is 0.209. The van der Waals surface area contributed by atoms with Crippen molar-refractivity contribution >= 4 is 46.2 Å². The van der Waals surface area contributed by atoms with Crippen LogP contribution in [-0.4, -0.2) is 5.91 Å². The SMILES string of the molecule is N#C/C(=C\c1cccs1)c1ccc(NC(=O)c2ccc(Cl)cc2)cc1. The van der Waals surface area contributed by atoms with Crippen LogP contribution in [0.2, 0.25) is 5.02 Å². The van der Waals surface area contributed by atoms with Gasteiger partial charge in [0.05, 0.1) is 11.6 Å². The highest BCUT2D eigenvalue weighted by molar-refractivity contribution is 7.10. The van der Waals surface area contributed by atoms with Gasteiger partial charge >= 0.3 is 0 Å². The van der Waals surface area contributed by atoms with Crippen molar-refractivity contribution in [1.82, 2.24) is 0 Å². The van der Waals surface area contributed by atoms with Gasteiger partial charge in [0.2, 0.25) is 0 Å². The van der Waals surface area contributed by atoms with E-state index in [-0.39, 0.29) is 5.91 Å². The molecule has 1 aromatic heterocycles. The normalized spacial score (nSPS) is 11.0. The molecule has 1 N–H and O–H groups in total. The van der Waals surface area contributed by atoms with Crippen LogP contribution in [0.3, 0.4) is 0 Å². The molecule has 3 aromatic rings. The van der Waals surface area contributed by atoms with Crippen molar-refractivity contribution in [1.29, 1.82) is 5.26 Å². The number of anilines is 1. The highest BCUT2D eigenvalue weighted by atomic mass is 35.5. The van der Waals surface area contributed by atoms with Gasteiger partial charge in [-0.15, -0.1) is 11.3 Å². The molecule has 0 bridgehead atoms. The lowest BCUT2D eigenvalue weighted by Crippen LogP contribution is -2.11. The Kier molecular flexibility index (Phi) is 5.30. The van der Waals surface area contributed by atoms with E-state index in [1.54, 1.807) is 47.7 Å². The molecule has 0 unspecified atom stereocenters. The number of benzene rings is 2. The van der Waals surface area contributed by atoms with Gasteiger partial charge in [0.25, 0.3) is 5.91 Å². The van der Waals surface area contributed by atoms with E-state index in [9.17, 15) is 10.1 Å². The van der Waals surface area contributed by atoms with Gasteiger partial charge in [0, 0.05) is 21.2 Å². The van der Waals surface area contributed by atoms with Crippen LogP contribution in [0.4, 0.5) is 5.69 Å². The molecule has 0 spiro atoms. The summed E-state index contributed by atoms with van der Waals surface area (Å²) in [7, 11) is 0. The fraction of sp³-hybridized carbons (Fsp3) is 0. The Labute approximate surface area is 154 Å². The summed E-state index contributed by atoms with van der Waals surface area (Å²) in [5.41, 5.74) is 2.58. The second kappa shape index (κ2) is 7.80. The molecule has 0 saturated carbocycles. The molecule has 1 amide bonds. The van der Waals surface area contributed by atoms with E-state index in [0.29, 0.717) is 21.8 Å². The van der Waals surface area contributed by atoms with E-state index in [1.165, 1.54) is 0 Å². The minimum atomic E-state index is -0.209. The summed E-state index contributed by atoms with van der Waals surface area (Å²) in [5, 5.41) is 14.7. The van der Waals surface area contributed by atoms with Crippen LogP contribution in [0.1, 0.15) is 20.8 Å². The zero-order valence-corrected chi connectivity index (χ0v) is 14.6. The maximum atomic E-state index is 12.2. The summed E-state index contributed by atoms with van der Waals surface area (Å²) in [6, 6.07) is 20.0. The summed E-state index contributed by atoms with van der Waals surface area (Å²) in [5.74, 6) is -0.209. The number of hydrogen-bond acceptors (Lipinski definition) is 3. The molecule has 5 heteroatoms. The Morgan fingerprint density at radius 1 is 1.04 bits per heavy atom. The van der Waals surface area contributed by atoms with E-state index in [1.807, 2.05) is 35.7 Å². The zero-order valence-electron chi connectivity index (χ0n) is 13.1. The van der Waals surface area contributed by atoms with Crippen LogP contribution < -0.4 is 5.32 Å².